The lowest BCUT2D eigenvalue weighted by atomic mass is 9.78. The predicted octanol–water partition coefficient (Wildman–Crippen LogP) is 3.31. The van der Waals surface area contributed by atoms with E-state index in [2.05, 4.69) is 19.2 Å². The van der Waals surface area contributed by atoms with Gasteiger partial charge in [-0.05, 0) is 49.3 Å². The maximum Gasteiger partial charge on any atom is 0.246 e. The Balaban J connectivity index is 1.61. The van der Waals surface area contributed by atoms with Gasteiger partial charge in [-0.2, -0.15) is 4.31 Å². The highest BCUT2D eigenvalue weighted by Crippen LogP contribution is 2.31. The Kier molecular flexibility index (Phi) is 6.39. The third-order valence-electron chi connectivity index (χ3n) is 6.37. The SMILES string of the molecule is C[C@@H]1[C@H](C)CCC[C@H]1NC(=O)C1CCN(S(=O)(=O)c2cc(F)ccc2F)CC1. The number of nitrogens with zero attached hydrogens (tertiary/aromatic N) is 1. The van der Waals surface area contributed by atoms with E-state index in [1.165, 1.54) is 6.42 Å². The van der Waals surface area contributed by atoms with Crippen LogP contribution in [0, 0.1) is 29.4 Å². The highest BCUT2D eigenvalue weighted by Gasteiger charge is 2.35. The number of nitrogens with one attached hydrogen (secondary N) is 1. The lowest BCUT2D eigenvalue weighted by Gasteiger charge is -2.36. The van der Waals surface area contributed by atoms with Crippen LogP contribution in [0.4, 0.5) is 8.78 Å². The summed E-state index contributed by atoms with van der Waals surface area (Å²) in [5.74, 6) is -1.05. The number of carbonyl (C=O) groups is 1. The predicted molar refractivity (Wildman–Crippen MR) is 102 cm³/mol. The molecule has 156 valence electrons. The second-order valence-electron chi connectivity index (χ2n) is 8.14. The number of sulfonamides is 1. The molecule has 2 fully saturated rings. The molecule has 0 bridgehead atoms. The van der Waals surface area contributed by atoms with Crippen LogP contribution in [0.25, 0.3) is 0 Å². The van der Waals surface area contributed by atoms with Crippen LogP contribution in [0.1, 0.15) is 46.0 Å². The van der Waals surface area contributed by atoms with Gasteiger partial charge in [0, 0.05) is 25.0 Å². The fraction of sp³-hybridized carbons (Fsp3) is 0.650. The average molecular weight is 415 g/mol. The summed E-state index contributed by atoms with van der Waals surface area (Å²) < 4.78 is 53.8. The number of carbonyl (C=O) groups excluding carboxylic acids is 1. The zero-order chi connectivity index (χ0) is 20.5. The van der Waals surface area contributed by atoms with Crippen molar-refractivity contribution in [3.05, 3.63) is 29.8 Å². The maximum absolute atomic E-state index is 13.9. The van der Waals surface area contributed by atoms with Gasteiger partial charge in [0.25, 0.3) is 0 Å². The molecule has 0 radical (unpaired) electrons. The Morgan fingerprint density at radius 3 is 2.46 bits per heavy atom. The average Bonchev–Trinajstić information content (AvgIpc) is 2.67. The van der Waals surface area contributed by atoms with Crippen LogP contribution in [0.5, 0.6) is 0 Å². The van der Waals surface area contributed by atoms with E-state index in [1.807, 2.05) is 0 Å². The Hall–Kier alpha value is -1.54. The Labute approximate surface area is 165 Å². The summed E-state index contributed by atoms with van der Waals surface area (Å²) in [7, 11) is -4.12. The van der Waals surface area contributed by atoms with E-state index in [0.29, 0.717) is 30.7 Å². The van der Waals surface area contributed by atoms with Gasteiger partial charge in [-0.3, -0.25) is 4.79 Å². The highest BCUT2D eigenvalue weighted by molar-refractivity contribution is 7.89. The molecule has 3 rings (SSSR count). The van der Waals surface area contributed by atoms with Gasteiger partial charge >= 0.3 is 0 Å². The molecular formula is C20H28F2N2O3S. The van der Waals surface area contributed by atoms with Gasteiger partial charge in [0.1, 0.15) is 16.5 Å². The van der Waals surface area contributed by atoms with Crippen LogP contribution in [0.15, 0.2) is 23.1 Å². The van der Waals surface area contributed by atoms with Crippen molar-refractivity contribution in [3.63, 3.8) is 0 Å². The molecule has 1 aliphatic carbocycles. The van der Waals surface area contributed by atoms with Crippen molar-refractivity contribution < 1.29 is 22.0 Å². The van der Waals surface area contributed by atoms with Crippen molar-refractivity contribution in [2.75, 3.05) is 13.1 Å². The van der Waals surface area contributed by atoms with E-state index >= 15 is 0 Å². The largest absolute Gasteiger partial charge is 0.353 e. The van der Waals surface area contributed by atoms with Crippen LogP contribution in [0.2, 0.25) is 0 Å². The molecular weight excluding hydrogens is 386 g/mol. The van der Waals surface area contributed by atoms with Gasteiger partial charge in [-0.1, -0.05) is 26.7 Å². The van der Waals surface area contributed by atoms with E-state index in [0.717, 1.165) is 29.3 Å². The smallest absolute Gasteiger partial charge is 0.246 e. The quantitative estimate of drug-likeness (QED) is 0.822. The first-order valence-electron chi connectivity index (χ1n) is 9.95. The molecule has 1 aromatic rings. The highest BCUT2D eigenvalue weighted by atomic mass is 32.2. The zero-order valence-electron chi connectivity index (χ0n) is 16.3. The molecule has 0 spiro atoms. The first-order valence-corrected chi connectivity index (χ1v) is 11.4. The molecule has 1 saturated carbocycles. The van der Waals surface area contributed by atoms with Crippen LogP contribution in [-0.4, -0.2) is 37.8 Å². The van der Waals surface area contributed by atoms with Crippen LogP contribution < -0.4 is 5.32 Å². The van der Waals surface area contributed by atoms with Crippen molar-refractivity contribution in [1.29, 1.82) is 0 Å². The summed E-state index contributed by atoms with van der Waals surface area (Å²) in [4.78, 5) is 12.0. The van der Waals surface area contributed by atoms with Gasteiger partial charge in [0.2, 0.25) is 15.9 Å². The minimum absolute atomic E-state index is 0.0278. The van der Waals surface area contributed by atoms with Crippen molar-refractivity contribution >= 4 is 15.9 Å². The summed E-state index contributed by atoms with van der Waals surface area (Å²) in [5.41, 5.74) is 0. The van der Waals surface area contributed by atoms with Crippen LogP contribution in [0.3, 0.4) is 0 Å². The van der Waals surface area contributed by atoms with Crippen molar-refractivity contribution in [2.45, 2.75) is 56.9 Å². The molecule has 1 N–H and O–H groups in total. The summed E-state index contributed by atoms with van der Waals surface area (Å²) in [5, 5.41) is 3.15. The molecule has 2 aliphatic rings. The fourth-order valence-corrected chi connectivity index (χ4v) is 5.80. The first-order chi connectivity index (χ1) is 13.2. The van der Waals surface area contributed by atoms with Gasteiger partial charge in [0.05, 0.1) is 0 Å². The monoisotopic (exact) mass is 414 g/mol. The van der Waals surface area contributed by atoms with E-state index in [-0.39, 0.29) is 31.0 Å². The second-order valence-corrected chi connectivity index (χ2v) is 10.0. The second kappa shape index (κ2) is 8.45. The van der Waals surface area contributed by atoms with E-state index < -0.39 is 26.6 Å². The van der Waals surface area contributed by atoms with E-state index in [4.69, 9.17) is 0 Å². The molecule has 8 heteroatoms. The number of amides is 1. The molecule has 1 aliphatic heterocycles. The van der Waals surface area contributed by atoms with Gasteiger partial charge in [-0.25, -0.2) is 17.2 Å². The minimum atomic E-state index is -4.12. The third-order valence-corrected chi connectivity index (χ3v) is 8.28. The fourth-order valence-electron chi connectivity index (χ4n) is 4.26. The number of halogens is 2. The van der Waals surface area contributed by atoms with Crippen molar-refractivity contribution in [1.82, 2.24) is 9.62 Å². The van der Waals surface area contributed by atoms with Crippen LogP contribution >= 0.6 is 0 Å². The molecule has 5 nitrogen and oxygen atoms in total. The molecule has 3 atom stereocenters. The topological polar surface area (TPSA) is 66.5 Å². The van der Waals surface area contributed by atoms with Crippen molar-refractivity contribution in [2.24, 2.45) is 17.8 Å². The molecule has 1 amide bonds. The van der Waals surface area contributed by atoms with Gasteiger partial charge < -0.3 is 5.32 Å². The number of hydrogen-bond acceptors (Lipinski definition) is 3. The number of benzene rings is 1. The summed E-state index contributed by atoms with van der Waals surface area (Å²) in [6.45, 7) is 4.61. The normalized spacial score (nSPS) is 27.5. The summed E-state index contributed by atoms with van der Waals surface area (Å²) in [6.07, 6.45) is 4.01. The molecule has 1 heterocycles. The molecule has 28 heavy (non-hydrogen) atoms. The summed E-state index contributed by atoms with van der Waals surface area (Å²) >= 11 is 0. The Bertz CT molecular complexity index is 823. The first kappa shape index (κ1) is 21.2. The Morgan fingerprint density at radius 1 is 1.11 bits per heavy atom. The number of hydrogen-bond donors (Lipinski definition) is 1. The van der Waals surface area contributed by atoms with Gasteiger partial charge in [0.15, 0.2) is 0 Å². The Morgan fingerprint density at radius 2 is 1.79 bits per heavy atom. The third kappa shape index (κ3) is 4.38. The molecule has 0 unspecified atom stereocenters. The van der Waals surface area contributed by atoms with Crippen molar-refractivity contribution in [3.8, 4) is 0 Å². The minimum Gasteiger partial charge on any atom is -0.353 e. The lowest BCUT2D eigenvalue weighted by molar-refractivity contribution is -0.127. The summed E-state index contributed by atoms with van der Waals surface area (Å²) in [6, 6.07) is 2.57. The lowest BCUT2D eigenvalue weighted by Crippen LogP contribution is -2.48. The zero-order valence-corrected chi connectivity index (χ0v) is 17.1. The van der Waals surface area contributed by atoms with Gasteiger partial charge in [-0.15, -0.1) is 0 Å². The van der Waals surface area contributed by atoms with Crippen LogP contribution in [-0.2, 0) is 14.8 Å². The number of rotatable bonds is 4. The number of piperidine rings is 1. The maximum atomic E-state index is 13.9. The van der Waals surface area contributed by atoms with E-state index in [9.17, 15) is 22.0 Å². The standard InChI is InChI=1S/C20H28F2N2O3S/c1-13-4-3-5-18(14(13)2)23-20(25)15-8-10-24(11-9-15)28(26,27)19-12-16(21)6-7-17(19)22/h6-7,12-15,18H,3-5,8-11H2,1-2H3,(H,23,25)/t13-,14-,18-/m1/s1. The van der Waals surface area contributed by atoms with E-state index in [1.54, 1.807) is 0 Å². The molecule has 1 aromatic carbocycles. The molecule has 1 saturated heterocycles. The molecule has 0 aromatic heterocycles.